The van der Waals surface area contributed by atoms with E-state index in [0.717, 1.165) is 46.5 Å². The van der Waals surface area contributed by atoms with Crippen LogP contribution in [0.1, 0.15) is 38.2 Å². The molecule has 0 bridgehead atoms. The topological polar surface area (TPSA) is 43.0 Å². The maximum absolute atomic E-state index is 5.83. The molecule has 2 aromatic carbocycles. The van der Waals surface area contributed by atoms with E-state index in [1.165, 1.54) is 12.8 Å². The second-order valence-corrected chi connectivity index (χ2v) is 7.49. The van der Waals surface area contributed by atoms with Gasteiger partial charge < -0.3 is 24.4 Å². The van der Waals surface area contributed by atoms with E-state index >= 15 is 0 Å². The summed E-state index contributed by atoms with van der Waals surface area (Å²) < 4.78 is 16.6. The van der Waals surface area contributed by atoms with Crippen LogP contribution in [0.3, 0.4) is 0 Å². The Morgan fingerprint density at radius 1 is 1.07 bits per heavy atom. The van der Waals surface area contributed by atoms with E-state index in [4.69, 9.17) is 26.4 Å². The van der Waals surface area contributed by atoms with Gasteiger partial charge in [0.1, 0.15) is 5.75 Å². The van der Waals surface area contributed by atoms with Crippen molar-refractivity contribution in [3.63, 3.8) is 0 Å². The van der Waals surface area contributed by atoms with Gasteiger partial charge in [0.15, 0.2) is 16.6 Å². The third kappa shape index (κ3) is 5.32. The molecule has 0 amide bonds. The van der Waals surface area contributed by atoms with Crippen molar-refractivity contribution in [3.05, 3.63) is 48.0 Å². The number of nitrogens with zero attached hydrogens (tertiary/aromatic N) is 1. The van der Waals surface area contributed by atoms with Crippen LogP contribution in [0, 0.1) is 0 Å². The molecule has 0 spiro atoms. The molecule has 1 aliphatic rings. The molecule has 0 heterocycles. The zero-order chi connectivity index (χ0) is 20.6. The summed E-state index contributed by atoms with van der Waals surface area (Å²) in [6.07, 6.45) is 4.78. The molecule has 3 rings (SSSR count). The molecule has 1 fully saturated rings. The smallest absolute Gasteiger partial charge is 0.173 e. The molecule has 2 aromatic rings. The molecule has 0 aliphatic heterocycles. The summed E-state index contributed by atoms with van der Waals surface area (Å²) >= 11 is 5.83. The van der Waals surface area contributed by atoms with E-state index in [0.29, 0.717) is 19.2 Å². The number of methoxy groups -OCH3 is 2. The third-order valence-corrected chi connectivity index (χ3v) is 5.60. The summed E-state index contributed by atoms with van der Waals surface area (Å²) in [6, 6.07) is 14.3. The lowest BCUT2D eigenvalue weighted by Crippen LogP contribution is -2.41. The molecular weight excluding hydrogens is 384 g/mol. The van der Waals surface area contributed by atoms with Crippen LogP contribution < -0.4 is 19.5 Å². The SMILES string of the molecule is CCOc1ccc(NC(=S)N(Cc2cccc(OC)c2OC)C2CCCC2)cc1. The van der Waals surface area contributed by atoms with Crippen LogP contribution in [-0.4, -0.2) is 36.9 Å². The highest BCUT2D eigenvalue weighted by Crippen LogP contribution is 2.34. The second kappa shape index (κ2) is 10.3. The van der Waals surface area contributed by atoms with Crippen molar-refractivity contribution < 1.29 is 14.2 Å². The van der Waals surface area contributed by atoms with E-state index < -0.39 is 0 Å². The van der Waals surface area contributed by atoms with Gasteiger partial charge in [-0.25, -0.2) is 0 Å². The van der Waals surface area contributed by atoms with Crippen LogP contribution in [0.5, 0.6) is 17.2 Å². The molecule has 6 heteroatoms. The largest absolute Gasteiger partial charge is 0.494 e. The van der Waals surface area contributed by atoms with Crippen LogP contribution in [0.2, 0.25) is 0 Å². The van der Waals surface area contributed by atoms with Crippen molar-refractivity contribution in [2.75, 3.05) is 26.1 Å². The minimum atomic E-state index is 0.425. The van der Waals surface area contributed by atoms with E-state index in [2.05, 4.69) is 16.3 Å². The van der Waals surface area contributed by atoms with Gasteiger partial charge in [-0.15, -0.1) is 0 Å². The molecule has 1 saturated carbocycles. The summed E-state index contributed by atoms with van der Waals surface area (Å²) in [6.45, 7) is 3.31. The summed E-state index contributed by atoms with van der Waals surface area (Å²) in [4.78, 5) is 2.29. The van der Waals surface area contributed by atoms with Crippen molar-refractivity contribution in [2.24, 2.45) is 0 Å². The van der Waals surface area contributed by atoms with Crippen molar-refractivity contribution in [1.82, 2.24) is 4.90 Å². The monoisotopic (exact) mass is 414 g/mol. The van der Waals surface area contributed by atoms with Gasteiger partial charge in [0, 0.05) is 23.8 Å². The first-order valence-electron chi connectivity index (χ1n) is 10.2. The molecule has 0 aromatic heterocycles. The number of hydrogen-bond acceptors (Lipinski definition) is 4. The predicted octanol–water partition coefficient (Wildman–Crippen LogP) is 5.24. The maximum Gasteiger partial charge on any atom is 0.173 e. The number of hydrogen-bond donors (Lipinski definition) is 1. The number of benzene rings is 2. The van der Waals surface area contributed by atoms with Crippen molar-refractivity contribution in [2.45, 2.75) is 45.2 Å². The fourth-order valence-corrected chi connectivity index (χ4v) is 4.17. The number of anilines is 1. The molecule has 5 nitrogen and oxygen atoms in total. The van der Waals surface area contributed by atoms with Crippen LogP contribution in [0.15, 0.2) is 42.5 Å². The lowest BCUT2D eigenvalue weighted by Gasteiger charge is -2.32. The van der Waals surface area contributed by atoms with Gasteiger partial charge in [-0.3, -0.25) is 0 Å². The number of nitrogens with one attached hydrogen (secondary N) is 1. The van der Waals surface area contributed by atoms with Crippen LogP contribution in [0.25, 0.3) is 0 Å². The molecule has 29 heavy (non-hydrogen) atoms. The molecule has 1 N–H and O–H groups in total. The van der Waals surface area contributed by atoms with E-state index in [1.54, 1.807) is 14.2 Å². The molecule has 0 radical (unpaired) electrons. The van der Waals surface area contributed by atoms with Crippen molar-refractivity contribution >= 4 is 23.0 Å². The Morgan fingerprint density at radius 3 is 2.41 bits per heavy atom. The highest BCUT2D eigenvalue weighted by molar-refractivity contribution is 7.80. The number of para-hydroxylation sites is 1. The molecular formula is C23H30N2O3S. The standard InChI is InChI=1S/C23H30N2O3S/c1-4-28-20-14-12-18(13-15-20)24-23(29)25(19-9-5-6-10-19)16-17-8-7-11-21(26-2)22(17)27-3/h7-8,11-15,19H,4-6,9-10,16H2,1-3H3,(H,24,29). The summed E-state index contributed by atoms with van der Waals surface area (Å²) in [5, 5.41) is 4.13. The van der Waals surface area contributed by atoms with Gasteiger partial charge in [-0.2, -0.15) is 0 Å². The number of ether oxygens (including phenoxy) is 3. The summed E-state index contributed by atoms with van der Waals surface area (Å²) in [5.74, 6) is 2.36. The first-order chi connectivity index (χ1) is 14.2. The highest BCUT2D eigenvalue weighted by Gasteiger charge is 2.26. The fourth-order valence-electron chi connectivity index (χ4n) is 3.84. The zero-order valence-electron chi connectivity index (χ0n) is 17.4. The molecule has 156 valence electrons. The van der Waals surface area contributed by atoms with E-state index in [1.807, 2.05) is 43.3 Å². The number of rotatable bonds is 8. The van der Waals surface area contributed by atoms with E-state index in [-0.39, 0.29) is 0 Å². The lowest BCUT2D eigenvalue weighted by atomic mass is 10.1. The first-order valence-corrected chi connectivity index (χ1v) is 10.6. The minimum Gasteiger partial charge on any atom is -0.494 e. The van der Waals surface area contributed by atoms with Crippen LogP contribution in [0.4, 0.5) is 5.69 Å². The fraction of sp³-hybridized carbons (Fsp3) is 0.435. The Morgan fingerprint density at radius 2 is 1.79 bits per heavy atom. The second-order valence-electron chi connectivity index (χ2n) is 7.11. The Bertz CT molecular complexity index is 804. The average Bonchev–Trinajstić information content (AvgIpc) is 3.27. The van der Waals surface area contributed by atoms with Gasteiger partial charge in [0.2, 0.25) is 0 Å². The molecule has 0 saturated heterocycles. The Balaban J connectivity index is 1.79. The summed E-state index contributed by atoms with van der Waals surface area (Å²) in [5.41, 5.74) is 2.02. The quantitative estimate of drug-likeness (QED) is 0.596. The Labute approximate surface area is 179 Å². The van der Waals surface area contributed by atoms with Gasteiger partial charge in [0.25, 0.3) is 0 Å². The molecule has 1 aliphatic carbocycles. The average molecular weight is 415 g/mol. The van der Waals surface area contributed by atoms with Gasteiger partial charge >= 0.3 is 0 Å². The lowest BCUT2D eigenvalue weighted by molar-refractivity contribution is 0.300. The Kier molecular flexibility index (Phi) is 7.58. The zero-order valence-corrected chi connectivity index (χ0v) is 18.3. The van der Waals surface area contributed by atoms with Gasteiger partial charge in [-0.1, -0.05) is 25.0 Å². The summed E-state index contributed by atoms with van der Waals surface area (Å²) in [7, 11) is 3.34. The first kappa shape index (κ1) is 21.2. The van der Waals surface area contributed by atoms with Gasteiger partial charge in [-0.05, 0) is 62.3 Å². The van der Waals surface area contributed by atoms with Crippen LogP contribution >= 0.6 is 12.2 Å². The predicted molar refractivity (Wildman–Crippen MR) is 121 cm³/mol. The number of thiocarbonyl (C=S) groups is 1. The molecule has 0 unspecified atom stereocenters. The minimum absolute atomic E-state index is 0.425. The van der Waals surface area contributed by atoms with Crippen molar-refractivity contribution in [3.8, 4) is 17.2 Å². The molecule has 0 atom stereocenters. The van der Waals surface area contributed by atoms with Crippen LogP contribution in [-0.2, 0) is 6.54 Å². The van der Waals surface area contributed by atoms with Crippen molar-refractivity contribution in [1.29, 1.82) is 0 Å². The highest BCUT2D eigenvalue weighted by atomic mass is 32.1. The Hall–Kier alpha value is -2.47. The van der Waals surface area contributed by atoms with E-state index in [9.17, 15) is 0 Å². The van der Waals surface area contributed by atoms with Gasteiger partial charge in [0.05, 0.1) is 20.8 Å². The normalized spacial score (nSPS) is 13.8. The maximum atomic E-state index is 5.83. The third-order valence-electron chi connectivity index (χ3n) is 5.27.